The van der Waals surface area contributed by atoms with Crippen LogP contribution in [0.3, 0.4) is 0 Å². The normalized spacial score (nSPS) is 27.3. The fourth-order valence-electron chi connectivity index (χ4n) is 4.35. The van der Waals surface area contributed by atoms with Gasteiger partial charge in [-0.1, -0.05) is 26.0 Å². The average Bonchev–Trinajstić information content (AvgIpc) is 3.05. The van der Waals surface area contributed by atoms with Gasteiger partial charge >= 0.3 is 12.0 Å². The van der Waals surface area contributed by atoms with Crippen molar-refractivity contribution < 1.29 is 19.8 Å². The number of phenolic OH excluding ortho intramolecular Hbond substituents is 1. The average molecular weight is 416 g/mol. The number of aliphatic carboxylic acids is 1. The molecule has 0 spiro atoms. The Morgan fingerprint density at radius 1 is 1.33 bits per heavy atom. The molecule has 0 aliphatic carbocycles. The van der Waals surface area contributed by atoms with E-state index in [1.54, 1.807) is 12.3 Å². The van der Waals surface area contributed by atoms with Crippen molar-refractivity contribution in [3.63, 3.8) is 0 Å². The van der Waals surface area contributed by atoms with Crippen molar-refractivity contribution in [3.05, 3.63) is 41.1 Å². The summed E-state index contributed by atoms with van der Waals surface area (Å²) >= 11 is 0. The number of aryl methyl sites for hydroxylation is 1. The third-order valence-corrected chi connectivity index (χ3v) is 6.51. The van der Waals surface area contributed by atoms with Gasteiger partial charge in [-0.3, -0.25) is 9.69 Å². The Labute approximate surface area is 178 Å². The summed E-state index contributed by atoms with van der Waals surface area (Å²) in [6.07, 6.45) is 3.57. The van der Waals surface area contributed by atoms with Gasteiger partial charge < -0.3 is 20.4 Å². The molecule has 0 aromatic heterocycles. The van der Waals surface area contributed by atoms with Gasteiger partial charge in [0.1, 0.15) is 5.75 Å². The van der Waals surface area contributed by atoms with Gasteiger partial charge in [0, 0.05) is 19.3 Å². The van der Waals surface area contributed by atoms with Crippen molar-refractivity contribution in [2.75, 3.05) is 20.1 Å². The van der Waals surface area contributed by atoms with E-state index in [-0.39, 0.29) is 11.8 Å². The maximum absolute atomic E-state index is 13.0. The van der Waals surface area contributed by atoms with Crippen LogP contribution in [0.4, 0.5) is 4.79 Å². The second-order valence-corrected chi connectivity index (χ2v) is 9.28. The predicted octanol–water partition coefficient (Wildman–Crippen LogP) is 3.14. The summed E-state index contributed by atoms with van der Waals surface area (Å²) in [7, 11) is 1.86. The van der Waals surface area contributed by atoms with Crippen LogP contribution in [0.25, 0.3) is 0 Å². The number of carbonyl (C=O) groups excluding carboxylic acids is 1. The van der Waals surface area contributed by atoms with Gasteiger partial charge in [-0.15, -0.1) is 0 Å². The smallest absolute Gasteiger partial charge is 0.322 e. The van der Waals surface area contributed by atoms with E-state index in [0.717, 1.165) is 29.5 Å². The summed E-state index contributed by atoms with van der Waals surface area (Å²) < 4.78 is 0. The number of nitrogens with one attached hydrogen (secondary N) is 1. The molecule has 2 aliphatic rings. The number of rotatable bonds is 6. The molecule has 0 radical (unpaired) electrons. The van der Waals surface area contributed by atoms with Gasteiger partial charge in [0.05, 0.1) is 17.5 Å². The first-order chi connectivity index (χ1) is 14.0. The third kappa shape index (κ3) is 4.17. The van der Waals surface area contributed by atoms with Crippen LogP contribution in [-0.2, 0) is 16.8 Å². The number of likely N-dealkylation sites (N-methyl/N-ethyl adjacent to an activating group) is 1. The SMILES string of the molecule is CC1=CN(C2CN(C)CC2C(=O)O)C(=O)N[C@@]1(C)c1ccc(CCC(C)C)c(O)c1. The van der Waals surface area contributed by atoms with Crippen LogP contribution in [0.5, 0.6) is 5.75 Å². The number of phenols is 1. The number of hydrogen-bond acceptors (Lipinski definition) is 4. The molecule has 3 atom stereocenters. The standard InChI is InChI=1S/C23H33N3O4/c1-14(2)6-7-16-8-9-17(10-20(16)27)23(4)15(3)11-26(22(30)24-23)19-13-25(5)12-18(19)21(28)29/h8-11,14,18-19,27H,6-7,12-13H2,1-5H3,(H,24,30)(H,28,29)/t18?,19?,23-/m1/s1. The first-order valence-electron chi connectivity index (χ1n) is 10.6. The second-order valence-electron chi connectivity index (χ2n) is 9.28. The number of benzene rings is 1. The predicted molar refractivity (Wildman–Crippen MR) is 115 cm³/mol. The lowest BCUT2D eigenvalue weighted by atomic mass is 9.83. The Morgan fingerprint density at radius 2 is 2.03 bits per heavy atom. The van der Waals surface area contributed by atoms with E-state index in [1.807, 2.05) is 37.9 Å². The van der Waals surface area contributed by atoms with Crippen molar-refractivity contribution in [2.45, 2.75) is 52.1 Å². The molecular formula is C23H33N3O4. The molecule has 1 aromatic carbocycles. The Kier molecular flexibility index (Phi) is 6.13. The summed E-state index contributed by atoms with van der Waals surface area (Å²) in [6, 6.07) is 4.87. The van der Waals surface area contributed by atoms with E-state index in [2.05, 4.69) is 19.2 Å². The van der Waals surface area contributed by atoms with E-state index in [0.29, 0.717) is 19.0 Å². The highest BCUT2D eigenvalue weighted by molar-refractivity contribution is 5.81. The Bertz CT molecular complexity index is 866. The summed E-state index contributed by atoms with van der Waals surface area (Å²) in [6.45, 7) is 9.06. The van der Waals surface area contributed by atoms with E-state index in [9.17, 15) is 19.8 Å². The third-order valence-electron chi connectivity index (χ3n) is 6.51. The molecule has 7 nitrogen and oxygen atoms in total. The number of nitrogens with zero attached hydrogens (tertiary/aromatic N) is 2. The lowest BCUT2D eigenvalue weighted by molar-refractivity contribution is -0.142. The Morgan fingerprint density at radius 3 is 2.63 bits per heavy atom. The monoisotopic (exact) mass is 415 g/mol. The molecule has 2 unspecified atom stereocenters. The van der Waals surface area contributed by atoms with E-state index >= 15 is 0 Å². The zero-order valence-electron chi connectivity index (χ0n) is 18.5. The summed E-state index contributed by atoms with van der Waals surface area (Å²) in [5.41, 5.74) is 1.81. The van der Waals surface area contributed by atoms with Crippen LogP contribution in [0.15, 0.2) is 30.0 Å². The number of carboxylic acid groups (broad SMARTS) is 1. The van der Waals surface area contributed by atoms with Gasteiger partial charge in [-0.25, -0.2) is 4.79 Å². The molecule has 30 heavy (non-hydrogen) atoms. The number of aromatic hydroxyl groups is 1. The lowest BCUT2D eigenvalue weighted by Crippen LogP contribution is -2.57. The van der Waals surface area contributed by atoms with Crippen LogP contribution < -0.4 is 5.32 Å². The van der Waals surface area contributed by atoms with Gasteiger partial charge in [-0.2, -0.15) is 0 Å². The molecule has 2 aliphatic heterocycles. The number of likely N-dealkylation sites (tertiary alicyclic amines) is 1. The minimum Gasteiger partial charge on any atom is -0.508 e. The zero-order valence-corrected chi connectivity index (χ0v) is 18.5. The minimum atomic E-state index is -0.890. The second kappa shape index (κ2) is 8.30. The fourth-order valence-corrected chi connectivity index (χ4v) is 4.35. The number of hydrogen-bond donors (Lipinski definition) is 3. The van der Waals surface area contributed by atoms with Gasteiger partial charge in [0.2, 0.25) is 0 Å². The molecule has 2 amide bonds. The van der Waals surface area contributed by atoms with Crippen LogP contribution >= 0.6 is 0 Å². The molecule has 2 heterocycles. The Hall–Kier alpha value is -2.54. The first-order valence-corrected chi connectivity index (χ1v) is 10.6. The highest BCUT2D eigenvalue weighted by atomic mass is 16.4. The van der Waals surface area contributed by atoms with E-state index < -0.39 is 23.5 Å². The quantitative estimate of drug-likeness (QED) is 0.664. The van der Waals surface area contributed by atoms with Crippen molar-refractivity contribution in [3.8, 4) is 5.75 Å². The number of urea groups is 1. The van der Waals surface area contributed by atoms with Crippen molar-refractivity contribution in [2.24, 2.45) is 11.8 Å². The van der Waals surface area contributed by atoms with Crippen LogP contribution in [-0.4, -0.2) is 58.2 Å². The first kappa shape index (κ1) is 22.2. The van der Waals surface area contributed by atoms with Gasteiger partial charge in [0.25, 0.3) is 0 Å². The molecule has 164 valence electrons. The molecule has 3 N–H and O–H groups in total. The number of carboxylic acids is 1. The van der Waals surface area contributed by atoms with Gasteiger partial charge in [-0.05, 0) is 62.4 Å². The Balaban J connectivity index is 1.87. The fraction of sp³-hybridized carbons (Fsp3) is 0.565. The summed E-state index contributed by atoms with van der Waals surface area (Å²) in [4.78, 5) is 28.1. The summed E-state index contributed by atoms with van der Waals surface area (Å²) in [5.74, 6) is -0.723. The highest BCUT2D eigenvalue weighted by Crippen LogP contribution is 2.37. The van der Waals surface area contributed by atoms with Crippen LogP contribution in [0, 0.1) is 11.8 Å². The highest BCUT2D eigenvalue weighted by Gasteiger charge is 2.45. The topological polar surface area (TPSA) is 93.1 Å². The van der Waals surface area contributed by atoms with Gasteiger partial charge in [0.15, 0.2) is 0 Å². The largest absolute Gasteiger partial charge is 0.508 e. The molecule has 1 aromatic rings. The van der Waals surface area contributed by atoms with Crippen molar-refractivity contribution in [1.29, 1.82) is 0 Å². The molecular weight excluding hydrogens is 382 g/mol. The maximum Gasteiger partial charge on any atom is 0.322 e. The maximum atomic E-state index is 13.0. The van der Waals surface area contributed by atoms with Crippen molar-refractivity contribution in [1.82, 2.24) is 15.1 Å². The van der Waals surface area contributed by atoms with E-state index in [1.165, 1.54) is 4.90 Å². The van der Waals surface area contributed by atoms with Crippen LogP contribution in [0.1, 0.15) is 45.2 Å². The molecule has 3 rings (SSSR count). The number of amides is 2. The van der Waals surface area contributed by atoms with Crippen LogP contribution in [0.2, 0.25) is 0 Å². The number of carbonyl (C=O) groups is 2. The van der Waals surface area contributed by atoms with E-state index in [4.69, 9.17) is 0 Å². The minimum absolute atomic E-state index is 0.238. The molecule has 1 fully saturated rings. The zero-order chi connectivity index (χ0) is 22.2. The molecule has 0 bridgehead atoms. The molecule has 1 saturated heterocycles. The van der Waals surface area contributed by atoms with Crippen molar-refractivity contribution >= 4 is 12.0 Å². The lowest BCUT2D eigenvalue weighted by Gasteiger charge is -2.42. The molecule has 7 heteroatoms. The molecule has 0 saturated carbocycles. The summed E-state index contributed by atoms with van der Waals surface area (Å²) in [5, 5.41) is 23.2.